The van der Waals surface area contributed by atoms with E-state index in [4.69, 9.17) is 19.9 Å². The number of benzene rings is 1. The molecule has 3 rings (SSSR count). The van der Waals surface area contributed by atoms with Crippen LogP contribution in [0, 0.1) is 5.82 Å². The smallest absolute Gasteiger partial charge is 0.414 e. The van der Waals surface area contributed by atoms with Crippen molar-refractivity contribution < 1.29 is 28.2 Å². The van der Waals surface area contributed by atoms with E-state index >= 15 is 4.39 Å². The minimum atomic E-state index is -0.772. The van der Waals surface area contributed by atoms with Crippen molar-refractivity contribution in [3.63, 3.8) is 0 Å². The number of ether oxygens (including phenoxy) is 3. The van der Waals surface area contributed by atoms with Crippen LogP contribution in [0.25, 0.3) is 5.57 Å². The first kappa shape index (κ1) is 30.9. The van der Waals surface area contributed by atoms with E-state index in [9.17, 15) is 9.59 Å². The lowest BCUT2D eigenvalue weighted by molar-refractivity contribution is -0.122. The number of hydrogen-bond donors (Lipinski definition) is 3. The zero-order valence-electron chi connectivity index (χ0n) is 24.4. The van der Waals surface area contributed by atoms with E-state index in [1.807, 2.05) is 13.8 Å². The second kappa shape index (κ2) is 13.2. The number of allylic oxidation sites excluding steroid dienone is 4. The lowest BCUT2D eigenvalue weighted by Crippen LogP contribution is -2.37. The predicted molar refractivity (Wildman–Crippen MR) is 155 cm³/mol. The fourth-order valence-corrected chi connectivity index (χ4v) is 3.75. The highest BCUT2D eigenvalue weighted by molar-refractivity contribution is 5.77. The summed E-state index contributed by atoms with van der Waals surface area (Å²) in [5.41, 5.74) is 6.91. The van der Waals surface area contributed by atoms with Gasteiger partial charge in [0.2, 0.25) is 5.95 Å². The number of rotatable bonds is 9. The molecule has 220 valence electrons. The average Bonchev–Trinajstić information content (AvgIpc) is 2.91. The standard InChI is InChI=1S/C29H37FN6O5/c1-17(2)36(28(38)41-29(3,4)5)15-19-13-18(11-12-22(19)39-7)25-24(30)26(31)35-27(34-25)33-20-9-8-10-21(14-20)40-16-23(37)32-6/h8-12,14-15,17H,13,16H2,1-7H3,(H,32,37)(H3,31,33,34,35). The fourth-order valence-electron chi connectivity index (χ4n) is 3.75. The van der Waals surface area contributed by atoms with E-state index in [2.05, 4.69) is 20.6 Å². The molecular weight excluding hydrogens is 531 g/mol. The Morgan fingerprint density at radius 1 is 1.22 bits per heavy atom. The third kappa shape index (κ3) is 8.44. The summed E-state index contributed by atoms with van der Waals surface area (Å²) >= 11 is 0. The van der Waals surface area contributed by atoms with Gasteiger partial charge in [0.25, 0.3) is 5.91 Å². The zero-order valence-corrected chi connectivity index (χ0v) is 24.4. The first-order chi connectivity index (χ1) is 19.3. The van der Waals surface area contributed by atoms with E-state index in [0.717, 1.165) is 0 Å². The van der Waals surface area contributed by atoms with Crippen LogP contribution in [0.2, 0.25) is 0 Å². The number of carbonyl (C=O) groups is 2. The van der Waals surface area contributed by atoms with Crippen LogP contribution < -0.4 is 21.1 Å². The van der Waals surface area contributed by atoms with Crippen molar-refractivity contribution in [1.82, 2.24) is 20.2 Å². The Labute approximate surface area is 239 Å². The molecule has 0 bridgehead atoms. The molecule has 0 unspecified atom stereocenters. The Morgan fingerprint density at radius 2 is 1.95 bits per heavy atom. The summed E-state index contributed by atoms with van der Waals surface area (Å²) in [6.07, 6.45) is 4.69. The lowest BCUT2D eigenvalue weighted by Gasteiger charge is -2.29. The number of methoxy groups -OCH3 is 1. The maximum Gasteiger partial charge on any atom is 0.414 e. The van der Waals surface area contributed by atoms with Crippen LogP contribution >= 0.6 is 0 Å². The molecule has 4 N–H and O–H groups in total. The largest absolute Gasteiger partial charge is 0.496 e. The van der Waals surface area contributed by atoms with Gasteiger partial charge < -0.3 is 30.6 Å². The van der Waals surface area contributed by atoms with Gasteiger partial charge in [-0.25, -0.2) is 14.2 Å². The minimum absolute atomic E-state index is 0.00214. The molecule has 0 spiro atoms. The van der Waals surface area contributed by atoms with Crippen molar-refractivity contribution in [2.24, 2.45) is 0 Å². The van der Waals surface area contributed by atoms with Gasteiger partial charge in [-0.3, -0.25) is 9.69 Å². The number of hydrogen-bond acceptors (Lipinski definition) is 9. The third-order valence-corrected chi connectivity index (χ3v) is 5.73. The van der Waals surface area contributed by atoms with Gasteiger partial charge in [-0.15, -0.1) is 0 Å². The number of nitrogen functional groups attached to an aromatic ring is 1. The van der Waals surface area contributed by atoms with Crippen LogP contribution in [0.5, 0.6) is 5.75 Å². The first-order valence-corrected chi connectivity index (χ1v) is 13.0. The molecule has 41 heavy (non-hydrogen) atoms. The van der Waals surface area contributed by atoms with Crippen LogP contribution in [0.15, 0.2) is 53.9 Å². The number of nitrogens with one attached hydrogen (secondary N) is 2. The Morgan fingerprint density at radius 3 is 2.59 bits per heavy atom. The second-order valence-electron chi connectivity index (χ2n) is 10.4. The van der Waals surface area contributed by atoms with Gasteiger partial charge >= 0.3 is 6.09 Å². The molecular formula is C29H37FN6O5. The SMILES string of the molecule is CNC(=O)COc1cccc(Nc2nc(N)c(F)c(C3=CC=C(OC)C(=CN(C(=O)OC(C)(C)C)C(C)C)C3)n2)c1. The number of nitrogens with zero attached hydrogens (tertiary/aromatic N) is 3. The molecule has 0 saturated heterocycles. The molecule has 1 aromatic heterocycles. The zero-order chi connectivity index (χ0) is 30.3. The van der Waals surface area contributed by atoms with Gasteiger partial charge in [0.05, 0.1) is 7.11 Å². The lowest BCUT2D eigenvalue weighted by atomic mass is 9.95. The summed E-state index contributed by atoms with van der Waals surface area (Å²) in [6, 6.07) is 6.58. The van der Waals surface area contributed by atoms with Gasteiger partial charge in [-0.2, -0.15) is 4.98 Å². The summed E-state index contributed by atoms with van der Waals surface area (Å²) in [6.45, 7) is 8.95. The molecule has 1 aliphatic carbocycles. The molecule has 0 atom stereocenters. The number of aromatic nitrogens is 2. The Balaban J connectivity index is 1.91. The summed E-state index contributed by atoms with van der Waals surface area (Å²) in [4.78, 5) is 34.3. The Kier molecular flexibility index (Phi) is 9.93. The topological polar surface area (TPSA) is 141 Å². The predicted octanol–water partition coefficient (Wildman–Crippen LogP) is 4.91. The number of anilines is 3. The molecule has 0 aliphatic heterocycles. The van der Waals surface area contributed by atoms with E-state index in [-0.39, 0.29) is 42.4 Å². The monoisotopic (exact) mass is 568 g/mol. The van der Waals surface area contributed by atoms with Crippen molar-refractivity contribution in [2.45, 2.75) is 52.7 Å². The van der Waals surface area contributed by atoms with E-state index in [1.165, 1.54) is 19.1 Å². The quantitative estimate of drug-likeness (QED) is 0.385. The summed E-state index contributed by atoms with van der Waals surface area (Å²) in [5, 5.41) is 5.49. The number of nitrogens with two attached hydrogens (primary N) is 1. The van der Waals surface area contributed by atoms with Crippen molar-refractivity contribution in [2.75, 3.05) is 31.8 Å². The number of likely N-dealkylation sites (N-methyl/N-ethyl adjacent to an activating group) is 1. The van der Waals surface area contributed by atoms with Crippen LogP contribution in [0.1, 0.15) is 46.7 Å². The van der Waals surface area contributed by atoms with Crippen molar-refractivity contribution >= 4 is 35.0 Å². The molecule has 1 aliphatic rings. The number of halogens is 1. The highest BCUT2D eigenvalue weighted by Gasteiger charge is 2.26. The van der Waals surface area contributed by atoms with Gasteiger partial charge in [0, 0.05) is 43.0 Å². The molecule has 11 nitrogen and oxygen atoms in total. The number of carbonyl (C=O) groups excluding carboxylic acids is 2. The molecule has 0 saturated carbocycles. The number of amides is 2. The molecule has 2 aromatic rings. The molecule has 0 fully saturated rings. The van der Waals surface area contributed by atoms with Gasteiger partial charge in [-0.1, -0.05) is 12.1 Å². The van der Waals surface area contributed by atoms with Crippen molar-refractivity contribution in [1.29, 1.82) is 0 Å². The van der Waals surface area contributed by atoms with Gasteiger partial charge in [0.15, 0.2) is 18.2 Å². The highest BCUT2D eigenvalue weighted by Crippen LogP contribution is 2.34. The normalized spacial score (nSPS) is 14.2. The summed E-state index contributed by atoms with van der Waals surface area (Å²) in [7, 11) is 3.04. The fraction of sp³-hybridized carbons (Fsp3) is 0.379. The molecule has 1 heterocycles. The minimum Gasteiger partial charge on any atom is -0.496 e. The third-order valence-electron chi connectivity index (χ3n) is 5.73. The van der Waals surface area contributed by atoms with Gasteiger partial charge in [0.1, 0.15) is 22.8 Å². The van der Waals surface area contributed by atoms with Crippen LogP contribution in [-0.4, -0.2) is 59.3 Å². The maximum atomic E-state index is 15.3. The second-order valence-corrected chi connectivity index (χ2v) is 10.4. The van der Waals surface area contributed by atoms with Crippen LogP contribution in [-0.2, 0) is 14.3 Å². The van der Waals surface area contributed by atoms with Crippen molar-refractivity contribution in [3.05, 3.63) is 65.5 Å². The summed E-state index contributed by atoms with van der Waals surface area (Å²) in [5.74, 6) is -0.369. The van der Waals surface area contributed by atoms with Crippen molar-refractivity contribution in [3.8, 4) is 5.75 Å². The average molecular weight is 569 g/mol. The highest BCUT2D eigenvalue weighted by atomic mass is 19.1. The van der Waals surface area contributed by atoms with E-state index in [1.54, 1.807) is 63.4 Å². The van der Waals surface area contributed by atoms with Crippen LogP contribution in [0.4, 0.5) is 26.6 Å². The molecule has 12 heteroatoms. The maximum absolute atomic E-state index is 15.3. The van der Waals surface area contributed by atoms with Gasteiger partial charge in [-0.05, 0) is 58.4 Å². The van der Waals surface area contributed by atoms with Crippen LogP contribution in [0.3, 0.4) is 0 Å². The molecule has 0 radical (unpaired) electrons. The molecule has 1 aromatic carbocycles. The molecule has 2 amide bonds. The summed E-state index contributed by atoms with van der Waals surface area (Å²) < 4.78 is 31.8. The van der Waals surface area contributed by atoms with E-state index < -0.39 is 17.5 Å². The Bertz CT molecular complexity index is 1380. The first-order valence-electron chi connectivity index (χ1n) is 13.0. The van der Waals surface area contributed by atoms with E-state index in [0.29, 0.717) is 28.3 Å². The Hall–Kier alpha value is -4.61.